The van der Waals surface area contributed by atoms with Gasteiger partial charge in [0.2, 0.25) is 0 Å². The molecule has 0 heterocycles. The first kappa shape index (κ1) is 16.0. The van der Waals surface area contributed by atoms with Crippen molar-refractivity contribution in [1.82, 2.24) is 4.90 Å². The van der Waals surface area contributed by atoms with Gasteiger partial charge in [0.1, 0.15) is 5.75 Å². The number of ether oxygens (including phenoxy) is 1. The Labute approximate surface area is 107 Å². The lowest BCUT2D eigenvalue weighted by molar-refractivity contribution is 0.280. The van der Waals surface area contributed by atoms with Crippen LogP contribution in [-0.4, -0.2) is 32.1 Å². The van der Waals surface area contributed by atoms with Crippen molar-refractivity contribution in [2.75, 3.05) is 27.2 Å². The van der Waals surface area contributed by atoms with Gasteiger partial charge in [-0.1, -0.05) is 31.5 Å². The van der Waals surface area contributed by atoms with Crippen molar-refractivity contribution >= 4 is 0 Å². The summed E-state index contributed by atoms with van der Waals surface area (Å²) in [5.41, 5.74) is 2.51. The van der Waals surface area contributed by atoms with E-state index in [1.165, 1.54) is 11.1 Å². The van der Waals surface area contributed by atoms with E-state index in [9.17, 15) is 0 Å². The van der Waals surface area contributed by atoms with Gasteiger partial charge in [-0.05, 0) is 46.0 Å². The van der Waals surface area contributed by atoms with Crippen molar-refractivity contribution in [1.29, 1.82) is 0 Å². The minimum atomic E-state index is 0.794. The van der Waals surface area contributed by atoms with Gasteiger partial charge < -0.3 is 9.64 Å². The molecule has 0 unspecified atom stereocenters. The Morgan fingerprint density at radius 2 is 1.76 bits per heavy atom. The fourth-order valence-electron chi connectivity index (χ4n) is 1.52. The van der Waals surface area contributed by atoms with E-state index in [1.807, 2.05) is 13.8 Å². The lowest BCUT2D eigenvalue weighted by atomic mass is 10.1. The van der Waals surface area contributed by atoms with Crippen molar-refractivity contribution < 1.29 is 4.74 Å². The lowest BCUT2D eigenvalue weighted by Gasteiger charge is -2.12. The molecule has 0 N–H and O–H groups in total. The molecule has 0 aliphatic carbocycles. The maximum absolute atomic E-state index is 5.72. The summed E-state index contributed by atoms with van der Waals surface area (Å²) >= 11 is 0. The first-order valence-electron chi connectivity index (χ1n) is 6.44. The molecule has 0 saturated heterocycles. The van der Waals surface area contributed by atoms with E-state index in [0.29, 0.717) is 0 Å². The minimum Gasteiger partial charge on any atom is -0.493 e. The van der Waals surface area contributed by atoms with Crippen LogP contribution in [0.4, 0.5) is 0 Å². The van der Waals surface area contributed by atoms with Crippen LogP contribution in [0.25, 0.3) is 0 Å². The molecule has 1 aromatic carbocycles. The maximum atomic E-state index is 5.72. The molecule has 1 aromatic rings. The summed E-state index contributed by atoms with van der Waals surface area (Å²) < 4.78 is 5.72. The van der Waals surface area contributed by atoms with Crippen LogP contribution in [0.15, 0.2) is 18.2 Å². The number of aryl methyl sites for hydroxylation is 2. The lowest BCUT2D eigenvalue weighted by Crippen LogP contribution is -2.15. The van der Waals surface area contributed by atoms with Crippen molar-refractivity contribution in [3.63, 3.8) is 0 Å². The Morgan fingerprint density at radius 1 is 1.12 bits per heavy atom. The molecule has 0 atom stereocenters. The fourth-order valence-corrected chi connectivity index (χ4v) is 1.52. The van der Waals surface area contributed by atoms with Gasteiger partial charge in [-0.15, -0.1) is 0 Å². The van der Waals surface area contributed by atoms with Crippen LogP contribution in [0.5, 0.6) is 5.75 Å². The second kappa shape index (κ2) is 9.06. The van der Waals surface area contributed by atoms with Crippen LogP contribution in [0.3, 0.4) is 0 Å². The average Bonchev–Trinajstić information content (AvgIpc) is 2.29. The quantitative estimate of drug-likeness (QED) is 0.725. The topological polar surface area (TPSA) is 12.5 Å². The van der Waals surface area contributed by atoms with E-state index >= 15 is 0 Å². The van der Waals surface area contributed by atoms with Gasteiger partial charge in [0.25, 0.3) is 0 Å². The highest BCUT2D eigenvalue weighted by atomic mass is 16.5. The highest BCUT2D eigenvalue weighted by Gasteiger charge is 1.99. The second-order valence-corrected chi connectivity index (χ2v) is 4.27. The van der Waals surface area contributed by atoms with Crippen molar-refractivity contribution in [3.05, 3.63) is 29.3 Å². The van der Waals surface area contributed by atoms with Gasteiger partial charge in [0.05, 0.1) is 6.61 Å². The molecule has 0 spiro atoms. The van der Waals surface area contributed by atoms with E-state index < -0.39 is 0 Å². The number of benzene rings is 1. The molecule has 98 valence electrons. The summed E-state index contributed by atoms with van der Waals surface area (Å²) in [6.07, 6.45) is 1.07. The summed E-state index contributed by atoms with van der Waals surface area (Å²) in [7, 11) is 4.16. The van der Waals surface area contributed by atoms with Crippen LogP contribution in [0.1, 0.15) is 31.4 Å². The molecule has 0 bridgehead atoms. The van der Waals surface area contributed by atoms with E-state index in [4.69, 9.17) is 4.74 Å². The number of hydrogen-bond donors (Lipinski definition) is 0. The summed E-state index contributed by atoms with van der Waals surface area (Å²) in [6, 6.07) is 6.30. The fraction of sp³-hybridized carbons (Fsp3) is 0.600. The monoisotopic (exact) mass is 237 g/mol. The molecule has 0 aliphatic heterocycles. The molecule has 1 rings (SSSR count). The summed E-state index contributed by atoms with van der Waals surface area (Å²) in [4.78, 5) is 2.17. The van der Waals surface area contributed by atoms with E-state index in [0.717, 1.165) is 25.3 Å². The largest absolute Gasteiger partial charge is 0.493 e. The zero-order valence-electron chi connectivity index (χ0n) is 12.2. The van der Waals surface area contributed by atoms with Crippen LogP contribution in [0.2, 0.25) is 0 Å². The Kier molecular flexibility index (Phi) is 8.51. The van der Waals surface area contributed by atoms with Gasteiger partial charge in [-0.2, -0.15) is 0 Å². The Bertz CT molecular complexity index is 308. The molecule has 2 heteroatoms. The predicted octanol–water partition coefficient (Wildman–Crippen LogP) is 3.66. The molecule has 17 heavy (non-hydrogen) atoms. The normalized spacial score (nSPS) is 9.82. The SMILES string of the molecule is CC.Cc1ccc(OCCCN(C)C)c(C)c1. The van der Waals surface area contributed by atoms with Gasteiger partial charge in [0.15, 0.2) is 0 Å². The second-order valence-electron chi connectivity index (χ2n) is 4.27. The predicted molar refractivity (Wildman–Crippen MR) is 75.9 cm³/mol. The molecular weight excluding hydrogens is 210 g/mol. The van der Waals surface area contributed by atoms with Crippen LogP contribution in [0, 0.1) is 13.8 Å². The van der Waals surface area contributed by atoms with E-state index in [-0.39, 0.29) is 0 Å². The molecule has 0 fully saturated rings. The molecule has 0 saturated carbocycles. The number of rotatable bonds is 5. The Balaban J connectivity index is 0.00000121. The number of nitrogens with zero attached hydrogens (tertiary/aromatic N) is 1. The van der Waals surface area contributed by atoms with E-state index in [2.05, 4.69) is 51.0 Å². The first-order chi connectivity index (χ1) is 8.09. The molecule has 0 radical (unpaired) electrons. The number of hydrogen-bond acceptors (Lipinski definition) is 2. The van der Waals surface area contributed by atoms with Crippen LogP contribution >= 0.6 is 0 Å². The van der Waals surface area contributed by atoms with Gasteiger partial charge >= 0.3 is 0 Å². The van der Waals surface area contributed by atoms with Crippen molar-refractivity contribution in [3.8, 4) is 5.75 Å². The van der Waals surface area contributed by atoms with E-state index in [1.54, 1.807) is 0 Å². The first-order valence-corrected chi connectivity index (χ1v) is 6.44. The van der Waals surface area contributed by atoms with Gasteiger partial charge in [-0.3, -0.25) is 0 Å². The Hall–Kier alpha value is -1.02. The van der Waals surface area contributed by atoms with Crippen molar-refractivity contribution in [2.45, 2.75) is 34.1 Å². The van der Waals surface area contributed by atoms with Crippen LogP contribution in [-0.2, 0) is 0 Å². The zero-order chi connectivity index (χ0) is 13.3. The van der Waals surface area contributed by atoms with Crippen LogP contribution < -0.4 is 4.74 Å². The summed E-state index contributed by atoms with van der Waals surface area (Å²) in [5.74, 6) is 1.01. The highest BCUT2D eigenvalue weighted by molar-refractivity contribution is 5.35. The Morgan fingerprint density at radius 3 is 2.29 bits per heavy atom. The van der Waals surface area contributed by atoms with Gasteiger partial charge in [0, 0.05) is 6.54 Å². The minimum absolute atomic E-state index is 0.794. The molecule has 0 aliphatic rings. The zero-order valence-corrected chi connectivity index (χ0v) is 12.2. The van der Waals surface area contributed by atoms with Crippen molar-refractivity contribution in [2.24, 2.45) is 0 Å². The standard InChI is InChI=1S/C13H21NO.C2H6/c1-11-6-7-13(12(2)10-11)15-9-5-8-14(3)4;1-2/h6-7,10H,5,8-9H2,1-4H3;1-2H3. The van der Waals surface area contributed by atoms with Gasteiger partial charge in [-0.25, -0.2) is 0 Å². The molecular formula is C15H27NO. The average molecular weight is 237 g/mol. The third-order valence-electron chi connectivity index (χ3n) is 2.34. The third-order valence-corrected chi connectivity index (χ3v) is 2.34. The summed E-state index contributed by atoms with van der Waals surface area (Å²) in [6.45, 7) is 10.1. The molecule has 2 nitrogen and oxygen atoms in total. The molecule has 0 aromatic heterocycles. The summed E-state index contributed by atoms with van der Waals surface area (Å²) in [5, 5.41) is 0. The third kappa shape index (κ3) is 7.01. The highest BCUT2D eigenvalue weighted by Crippen LogP contribution is 2.18. The molecule has 0 amide bonds. The maximum Gasteiger partial charge on any atom is 0.122 e. The smallest absolute Gasteiger partial charge is 0.122 e.